The van der Waals surface area contributed by atoms with Gasteiger partial charge in [-0.1, -0.05) is 35.5 Å². The molecule has 0 aliphatic rings. The van der Waals surface area contributed by atoms with Gasteiger partial charge in [-0.3, -0.25) is 0 Å². The Kier molecular flexibility index (Phi) is 3.90. The third-order valence-electron chi connectivity index (χ3n) is 3.16. The molecule has 0 atom stereocenters. The summed E-state index contributed by atoms with van der Waals surface area (Å²) in [6, 6.07) is 9.08. The molecule has 0 aliphatic carbocycles. The maximum Gasteiger partial charge on any atom is 0.341 e. The summed E-state index contributed by atoms with van der Waals surface area (Å²) < 4.78 is 10.6. The van der Waals surface area contributed by atoms with Crippen LogP contribution in [0.4, 0.5) is 0 Å². The Bertz CT molecular complexity index is 602. The van der Waals surface area contributed by atoms with Crippen molar-refractivity contribution >= 4 is 5.97 Å². The maximum atomic E-state index is 11.5. The predicted octanol–water partition coefficient (Wildman–Crippen LogP) is 3.01. The van der Waals surface area contributed by atoms with Gasteiger partial charge in [-0.2, -0.15) is 0 Å². The third kappa shape index (κ3) is 2.88. The van der Waals surface area contributed by atoms with Crippen LogP contribution in [0.15, 0.2) is 34.9 Å². The number of rotatable bonds is 5. The van der Waals surface area contributed by atoms with Crippen LogP contribution in [0.5, 0.6) is 0 Å². The zero-order valence-electron chi connectivity index (χ0n) is 11.7. The van der Waals surface area contributed by atoms with Crippen LogP contribution >= 0.6 is 0 Å². The van der Waals surface area contributed by atoms with Crippen LogP contribution in [0.25, 0.3) is 11.3 Å². The quantitative estimate of drug-likeness (QED) is 0.908. The highest BCUT2D eigenvalue weighted by molar-refractivity contribution is 5.95. The largest absolute Gasteiger partial charge is 0.477 e. The van der Waals surface area contributed by atoms with E-state index in [0.29, 0.717) is 17.7 Å². The minimum Gasteiger partial charge on any atom is -0.477 e. The highest BCUT2D eigenvalue weighted by Gasteiger charge is 2.28. The molecule has 20 heavy (non-hydrogen) atoms. The Morgan fingerprint density at radius 1 is 1.35 bits per heavy atom. The number of methoxy groups -OCH3 is 1. The van der Waals surface area contributed by atoms with E-state index in [9.17, 15) is 9.90 Å². The Morgan fingerprint density at radius 3 is 2.55 bits per heavy atom. The summed E-state index contributed by atoms with van der Waals surface area (Å²) in [6.45, 7) is 3.74. The average molecular weight is 275 g/mol. The van der Waals surface area contributed by atoms with Gasteiger partial charge in [-0.25, -0.2) is 4.79 Å². The van der Waals surface area contributed by atoms with Gasteiger partial charge in [-0.15, -0.1) is 0 Å². The van der Waals surface area contributed by atoms with Gasteiger partial charge >= 0.3 is 5.97 Å². The molecule has 106 valence electrons. The fraction of sp³-hybridized carbons (Fsp3) is 0.333. The van der Waals surface area contributed by atoms with Crippen molar-refractivity contribution in [2.75, 3.05) is 7.11 Å². The summed E-state index contributed by atoms with van der Waals surface area (Å²) in [6.07, 6.45) is 0.363. The van der Waals surface area contributed by atoms with E-state index in [2.05, 4.69) is 5.16 Å². The molecule has 2 rings (SSSR count). The predicted molar refractivity (Wildman–Crippen MR) is 73.7 cm³/mol. The van der Waals surface area contributed by atoms with E-state index in [0.717, 1.165) is 0 Å². The normalized spacial score (nSPS) is 11.6. The van der Waals surface area contributed by atoms with Crippen molar-refractivity contribution in [1.29, 1.82) is 0 Å². The Balaban J connectivity index is 2.46. The maximum absolute atomic E-state index is 11.5. The molecule has 1 aromatic heterocycles. The summed E-state index contributed by atoms with van der Waals surface area (Å²) in [5, 5.41) is 13.3. The van der Waals surface area contributed by atoms with Crippen molar-refractivity contribution < 1.29 is 19.2 Å². The van der Waals surface area contributed by atoms with Gasteiger partial charge in [0, 0.05) is 19.1 Å². The lowest BCUT2D eigenvalue weighted by Gasteiger charge is -2.21. The Hall–Kier alpha value is -2.14. The molecule has 1 heterocycles. The number of benzene rings is 1. The van der Waals surface area contributed by atoms with Gasteiger partial charge < -0.3 is 14.4 Å². The first-order valence-corrected chi connectivity index (χ1v) is 6.27. The third-order valence-corrected chi connectivity index (χ3v) is 3.16. The van der Waals surface area contributed by atoms with Gasteiger partial charge in [0.15, 0.2) is 5.76 Å². The van der Waals surface area contributed by atoms with Crippen molar-refractivity contribution in [3.8, 4) is 11.3 Å². The van der Waals surface area contributed by atoms with Crippen molar-refractivity contribution in [1.82, 2.24) is 5.16 Å². The molecule has 0 saturated carbocycles. The van der Waals surface area contributed by atoms with Crippen LogP contribution in [0.1, 0.15) is 29.9 Å². The molecule has 0 saturated heterocycles. The summed E-state index contributed by atoms with van der Waals surface area (Å²) in [5.41, 5.74) is 0.679. The lowest BCUT2D eigenvalue weighted by atomic mass is 9.98. The van der Waals surface area contributed by atoms with Crippen LogP contribution < -0.4 is 0 Å². The zero-order valence-corrected chi connectivity index (χ0v) is 11.7. The molecule has 1 aromatic carbocycles. The number of carbonyl (C=O) groups is 1. The first-order chi connectivity index (χ1) is 9.44. The van der Waals surface area contributed by atoms with Crippen molar-refractivity contribution in [2.24, 2.45) is 0 Å². The molecule has 0 fully saturated rings. The number of aromatic nitrogens is 1. The minimum atomic E-state index is -1.05. The molecule has 0 unspecified atom stereocenters. The molecule has 0 radical (unpaired) electrons. The van der Waals surface area contributed by atoms with Crippen molar-refractivity contribution in [3.05, 3.63) is 41.6 Å². The van der Waals surface area contributed by atoms with E-state index in [-0.39, 0.29) is 11.3 Å². The van der Waals surface area contributed by atoms with Crippen LogP contribution in [0.2, 0.25) is 0 Å². The highest BCUT2D eigenvalue weighted by atomic mass is 16.5. The number of carboxylic acids is 1. The van der Waals surface area contributed by atoms with Crippen molar-refractivity contribution in [2.45, 2.75) is 25.9 Å². The average Bonchev–Trinajstić information content (AvgIpc) is 2.83. The molecule has 5 heteroatoms. The monoisotopic (exact) mass is 275 g/mol. The summed E-state index contributed by atoms with van der Waals surface area (Å²) in [7, 11) is 1.58. The molecular formula is C15H17NO4. The number of carboxylic acid groups (broad SMARTS) is 1. The topological polar surface area (TPSA) is 72.6 Å². The molecule has 0 spiro atoms. The molecule has 0 amide bonds. The zero-order chi connectivity index (χ0) is 14.8. The van der Waals surface area contributed by atoms with E-state index < -0.39 is 11.6 Å². The Labute approximate surface area is 117 Å². The summed E-state index contributed by atoms with van der Waals surface area (Å²) >= 11 is 0. The second kappa shape index (κ2) is 5.46. The van der Waals surface area contributed by atoms with Gasteiger partial charge in [-0.05, 0) is 13.8 Å². The van der Waals surface area contributed by atoms with E-state index in [4.69, 9.17) is 9.26 Å². The van der Waals surface area contributed by atoms with Crippen LogP contribution in [-0.4, -0.2) is 28.9 Å². The second-order valence-electron chi connectivity index (χ2n) is 5.15. The lowest BCUT2D eigenvalue weighted by molar-refractivity contribution is 0.0216. The number of nitrogens with zero attached hydrogens (tertiary/aromatic N) is 1. The summed E-state index contributed by atoms with van der Waals surface area (Å²) in [4.78, 5) is 11.5. The standard InChI is InChI=1S/C15H17NO4/c1-15(2,19-3)9-11-12(14(17)18)13(20-16-11)10-7-5-4-6-8-10/h4-8H,9H2,1-3H3,(H,17,18). The van der Waals surface area contributed by atoms with E-state index in [1.807, 2.05) is 32.0 Å². The lowest BCUT2D eigenvalue weighted by Crippen LogP contribution is -2.26. The number of ether oxygens (including phenoxy) is 1. The van der Waals surface area contributed by atoms with Gasteiger partial charge in [0.05, 0.1) is 5.60 Å². The van der Waals surface area contributed by atoms with Crippen LogP contribution in [0.3, 0.4) is 0 Å². The highest BCUT2D eigenvalue weighted by Crippen LogP contribution is 2.28. The molecule has 5 nitrogen and oxygen atoms in total. The first-order valence-electron chi connectivity index (χ1n) is 6.27. The SMILES string of the molecule is COC(C)(C)Cc1noc(-c2ccccc2)c1C(=O)O. The van der Waals surface area contributed by atoms with Gasteiger partial charge in [0.25, 0.3) is 0 Å². The van der Waals surface area contributed by atoms with E-state index in [1.165, 1.54) is 0 Å². The molecule has 2 aromatic rings. The van der Waals surface area contributed by atoms with Gasteiger partial charge in [0.2, 0.25) is 0 Å². The smallest absolute Gasteiger partial charge is 0.341 e. The number of aromatic carboxylic acids is 1. The fourth-order valence-electron chi connectivity index (χ4n) is 1.93. The second-order valence-corrected chi connectivity index (χ2v) is 5.15. The minimum absolute atomic E-state index is 0.0984. The number of hydrogen-bond acceptors (Lipinski definition) is 4. The van der Waals surface area contributed by atoms with E-state index in [1.54, 1.807) is 19.2 Å². The molecule has 0 aliphatic heterocycles. The van der Waals surface area contributed by atoms with Crippen molar-refractivity contribution in [3.63, 3.8) is 0 Å². The first kappa shape index (κ1) is 14.3. The molecular weight excluding hydrogens is 258 g/mol. The molecule has 1 N–H and O–H groups in total. The fourth-order valence-corrected chi connectivity index (χ4v) is 1.93. The van der Waals surface area contributed by atoms with Gasteiger partial charge in [0.1, 0.15) is 11.3 Å². The summed E-state index contributed by atoms with van der Waals surface area (Å²) in [5.74, 6) is -0.771. The molecule has 0 bridgehead atoms. The number of hydrogen-bond donors (Lipinski definition) is 1. The van der Waals surface area contributed by atoms with Crippen LogP contribution in [0, 0.1) is 0 Å². The van der Waals surface area contributed by atoms with Crippen LogP contribution in [-0.2, 0) is 11.2 Å². The Morgan fingerprint density at radius 2 is 2.00 bits per heavy atom. The van der Waals surface area contributed by atoms with E-state index >= 15 is 0 Å².